The lowest BCUT2D eigenvalue weighted by Crippen LogP contribution is -2.48. The molecule has 13 heteroatoms. The molecule has 2 aromatic carbocycles. The Labute approximate surface area is 181 Å². The minimum absolute atomic E-state index is 0.0188. The quantitative estimate of drug-likeness (QED) is 0.168. The van der Waals surface area contributed by atoms with E-state index in [1.807, 2.05) is 0 Å². The van der Waals surface area contributed by atoms with E-state index in [2.05, 4.69) is 5.16 Å². The molecule has 1 amide bonds. The number of benzene rings is 2. The first-order chi connectivity index (χ1) is 14.9. The highest BCUT2D eigenvalue weighted by Gasteiger charge is 2.38. The highest BCUT2D eigenvalue weighted by Crippen LogP contribution is 2.28. The number of carbonyl (C=O) groups excluding carboxylic acids is 1. The van der Waals surface area contributed by atoms with Gasteiger partial charge in [0.2, 0.25) is 15.9 Å². The van der Waals surface area contributed by atoms with Gasteiger partial charge in [0.1, 0.15) is 11.9 Å². The lowest BCUT2D eigenvalue weighted by atomic mass is 10.1. The Bertz CT molecular complexity index is 1090. The van der Waals surface area contributed by atoms with Crippen molar-refractivity contribution >= 4 is 21.8 Å². The maximum absolute atomic E-state index is 14.6. The van der Waals surface area contributed by atoms with Crippen LogP contribution in [0.4, 0.5) is 17.6 Å². The number of sulfonamides is 1. The maximum atomic E-state index is 14.6. The summed E-state index contributed by atoms with van der Waals surface area (Å²) >= 11 is 0. The van der Waals surface area contributed by atoms with Crippen LogP contribution in [-0.4, -0.2) is 41.9 Å². The fraction of sp³-hybridized carbons (Fsp3) is 0.263. The molecule has 0 saturated heterocycles. The van der Waals surface area contributed by atoms with Crippen molar-refractivity contribution in [1.82, 2.24) is 4.31 Å². The third-order valence-corrected chi connectivity index (χ3v) is 6.38. The highest BCUT2D eigenvalue weighted by atomic mass is 32.2. The van der Waals surface area contributed by atoms with Crippen LogP contribution in [0, 0.1) is 5.82 Å². The molecule has 32 heavy (non-hydrogen) atoms. The van der Waals surface area contributed by atoms with Gasteiger partial charge in [-0.1, -0.05) is 35.5 Å². The summed E-state index contributed by atoms with van der Waals surface area (Å²) in [4.78, 5) is 11.7. The van der Waals surface area contributed by atoms with Gasteiger partial charge in [0.15, 0.2) is 5.84 Å². The second kappa shape index (κ2) is 9.96. The van der Waals surface area contributed by atoms with Gasteiger partial charge in [0.25, 0.3) is 0 Å². The molecular weight excluding hydrogens is 456 g/mol. The highest BCUT2D eigenvalue weighted by molar-refractivity contribution is 7.89. The van der Waals surface area contributed by atoms with Crippen LogP contribution in [0.15, 0.2) is 58.6 Å². The zero-order chi connectivity index (χ0) is 24.1. The number of nitrogens with two attached hydrogens (primary N) is 2. The molecule has 0 aliphatic heterocycles. The van der Waals surface area contributed by atoms with Gasteiger partial charge in [-0.15, -0.1) is 0 Å². The minimum atomic E-state index is -4.68. The van der Waals surface area contributed by atoms with Crippen molar-refractivity contribution in [2.45, 2.75) is 36.5 Å². The number of amidine groups is 1. The van der Waals surface area contributed by atoms with E-state index in [4.69, 9.17) is 16.7 Å². The van der Waals surface area contributed by atoms with Crippen LogP contribution < -0.4 is 11.5 Å². The third kappa shape index (κ3) is 6.17. The summed E-state index contributed by atoms with van der Waals surface area (Å²) in [7, 11) is -4.55. The van der Waals surface area contributed by atoms with Crippen molar-refractivity contribution in [2.75, 3.05) is 0 Å². The number of rotatable bonds is 9. The molecule has 2 aromatic rings. The molecule has 0 heterocycles. The van der Waals surface area contributed by atoms with Crippen molar-refractivity contribution < 1.29 is 36.0 Å². The van der Waals surface area contributed by atoms with Crippen LogP contribution in [0.2, 0.25) is 0 Å². The first-order valence-corrected chi connectivity index (χ1v) is 10.5. The Morgan fingerprint density at radius 1 is 1.12 bits per heavy atom. The first-order valence-electron chi connectivity index (χ1n) is 9.06. The van der Waals surface area contributed by atoms with E-state index >= 15 is 0 Å². The number of oxime groups is 1. The second-order valence-corrected chi connectivity index (χ2v) is 8.62. The molecule has 8 nitrogen and oxygen atoms in total. The molecule has 0 saturated carbocycles. The molecule has 0 aliphatic carbocycles. The number of hydrogen-bond acceptors (Lipinski definition) is 5. The van der Waals surface area contributed by atoms with E-state index in [-0.39, 0.29) is 16.0 Å². The average molecular weight is 476 g/mol. The normalized spacial score (nSPS) is 13.8. The predicted molar refractivity (Wildman–Crippen MR) is 106 cm³/mol. The third-order valence-electron chi connectivity index (χ3n) is 4.51. The molecule has 0 spiro atoms. The van der Waals surface area contributed by atoms with Crippen LogP contribution in [0.25, 0.3) is 0 Å². The van der Waals surface area contributed by atoms with E-state index in [1.165, 1.54) is 36.4 Å². The molecule has 0 radical (unpaired) electrons. The van der Waals surface area contributed by atoms with Crippen LogP contribution in [-0.2, 0) is 21.4 Å². The Morgan fingerprint density at radius 2 is 1.75 bits per heavy atom. The van der Waals surface area contributed by atoms with Gasteiger partial charge < -0.3 is 16.7 Å². The number of halogens is 4. The molecule has 174 valence electrons. The summed E-state index contributed by atoms with van der Waals surface area (Å²) in [5.74, 6) is -2.71. The average Bonchev–Trinajstić information content (AvgIpc) is 2.73. The first kappa shape index (κ1) is 25.1. The van der Waals surface area contributed by atoms with Crippen molar-refractivity contribution in [3.8, 4) is 0 Å². The van der Waals surface area contributed by atoms with E-state index in [1.54, 1.807) is 0 Å². The topological polar surface area (TPSA) is 139 Å². The van der Waals surface area contributed by atoms with Crippen molar-refractivity contribution in [1.29, 1.82) is 0 Å². The standard InChI is InChI=1S/C19H20F4N4O4S/c20-15-10-12(17(24)26-29)6-7-13(15)11-27(16(18(25)28)8-9-19(21,22)23)32(30,31)14-4-2-1-3-5-14/h1-7,10,16,29H,8-9,11H2,(H2,24,26)(H2,25,28)/t16-/m1/s1. The molecule has 0 bridgehead atoms. The molecular formula is C19H20F4N4O4S. The molecule has 5 N–H and O–H groups in total. The van der Waals surface area contributed by atoms with Crippen molar-refractivity contribution in [2.24, 2.45) is 16.6 Å². The van der Waals surface area contributed by atoms with Gasteiger partial charge in [0.05, 0.1) is 4.90 Å². The summed E-state index contributed by atoms with van der Waals surface area (Å²) in [6.07, 6.45) is -7.11. The fourth-order valence-corrected chi connectivity index (χ4v) is 4.50. The Hall–Kier alpha value is -3.19. The van der Waals surface area contributed by atoms with Crippen LogP contribution in [0.3, 0.4) is 0 Å². The monoisotopic (exact) mass is 476 g/mol. The number of alkyl halides is 3. The van der Waals surface area contributed by atoms with Gasteiger partial charge in [-0.05, 0) is 24.6 Å². The van der Waals surface area contributed by atoms with Gasteiger partial charge in [0, 0.05) is 24.1 Å². The minimum Gasteiger partial charge on any atom is -0.409 e. The number of primary amides is 1. The number of nitrogens with zero attached hydrogens (tertiary/aromatic N) is 2. The summed E-state index contributed by atoms with van der Waals surface area (Å²) < 4.78 is 79.8. The molecule has 0 aromatic heterocycles. The second-order valence-electron chi connectivity index (χ2n) is 6.73. The lowest BCUT2D eigenvalue weighted by Gasteiger charge is -2.29. The van der Waals surface area contributed by atoms with Crippen LogP contribution in [0.5, 0.6) is 0 Å². The summed E-state index contributed by atoms with van der Waals surface area (Å²) in [6, 6.07) is 7.93. The van der Waals surface area contributed by atoms with Gasteiger partial charge in [-0.2, -0.15) is 17.5 Å². The van der Waals surface area contributed by atoms with E-state index in [9.17, 15) is 30.8 Å². The lowest BCUT2D eigenvalue weighted by molar-refractivity contribution is -0.140. The van der Waals surface area contributed by atoms with Gasteiger partial charge in [-0.25, -0.2) is 12.8 Å². The largest absolute Gasteiger partial charge is 0.409 e. The molecule has 0 aliphatic rings. The van der Waals surface area contributed by atoms with Gasteiger partial charge in [-0.3, -0.25) is 4.79 Å². The molecule has 0 unspecified atom stereocenters. The fourth-order valence-electron chi connectivity index (χ4n) is 2.88. The van der Waals surface area contributed by atoms with E-state index < -0.39 is 59.2 Å². The summed E-state index contributed by atoms with van der Waals surface area (Å²) in [5, 5.41) is 11.4. The number of carbonyl (C=O) groups is 1. The van der Waals surface area contributed by atoms with E-state index in [0.29, 0.717) is 4.31 Å². The zero-order valence-corrected chi connectivity index (χ0v) is 17.3. The Balaban J connectivity index is 2.54. The SMILES string of the molecule is NC(=O)[C@@H](CCC(F)(F)F)N(Cc1ccc(C(N)=NO)cc1F)S(=O)(=O)c1ccccc1. The predicted octanol–water partition coefficient (Wildman–Crippen LogP) is 2.31. The van der Waals surface area contributed by atoms with Gasteiger partial charge >= 0.3 is 6.18 Å². The van der Waals surface area contributed by atoms with Crippen molar-refractivity contribution in [3.05, 3.63) is 65.5 Å². The molecule has 1 atom stereocenters. The molecule has 2 rings (SSSR count). The van der Waals surface area contributed by atoms with E-state index in [0.717, 1.165) is 12.1 Å². The smallest absolute Gasteiger partial charge is 0.389 e. The van der Waals surface area contributed by atoms with Crippen LogP contribution in [0.1, 0.15) is 24.0 Å². The summed E-state index contributed by atoms with van der Waals surface area (Å²) in [6.45, 7) is -0.787. The summed E-state index contributed by atoms with van der Waals surface area (Å²) in [5.41, 5.74) is 10.4. The Morgan fingerprint density at radius 3 is 2.25 bits per heavy atom. The zero-order valence-electron chi connectivity index (χ0n) is 16.5. The number of amides is 1. The maximum Gasteiger partial charge on any atom is 0.389 e. The molecule has 0 fully saturated rings. The number of hydrogen-bond donors (Lipinski definition) is 3. The Kier molecular flexibility index (Phi) is 7.80. The van der Waals surface area contributed by atoms with Crippen molar-refractivity contribution in [3.63, 3.8) is 0 Å². The van der Waals surface area contributed by atoms with Crippen LogP contribution >= 0.6 is 0 Å².